The van der Waals surface area contributed by atoms with Gasteiger partial charge < -0.3 is 9.84 Å². The first-order chi connectivity index (χ1) is 8.76. The SMILES string of the molecule is C=CC[C@H](O)C[C@@H](CCC)OCc1ccccc1. The van der Waals surface area contributed by atoms with Crippen molar-refractivity contribution in [2.24, 2.45) is 0 Å². The maximum atomic E-state index is 9.79. The Balaban J connectivity index is 2.39. The molecule has 0 aliphatic heterocycles. The van der Waals surface area contributed by atoms with E-state index in [2.05, 4.69) is 25.6 Å². The van der Waals surface area contributed by atoms with Crippen LogP contribution in [0.4, 0.5) is 0 Å². The molecule has 1 aromatic rings. The number of hydrogen-bond donors (Lipinski definition) is 1. The summed E-state index contributed by atoms with van der Waals surface area (Å²) in [4.78, 5) is 0. The fourth-order valence-electron chi connectivity index (χ4n) is 1.97. The van der Waals surface area contributed by atoms with E-state index in [0.717, 1.165) is 12.8 Å². The molecule has 2 atom stereocenters. The Morgan fingerprint density at radius 2 is 2.06 bits per heavy atom. The van der Waals surface area contributed by atoms with Gasteiger partial charge in [-0.05, 0) is 24.8 Å². The van der Waals surface area contributed by atoms with Crippen LogP contribution in [0.3, 0.4) is 0 Å². The van der Waals surface area contributed by atoms with Crippen LogP contribution >= 0.6 is 0 Å². The van der Waals surface area contributed by atoms with Crippen molar-refractivity contribution in [3.05, 3.63) is 48.6 Å². The van der Waals surface area contributed by atoms with Crippen LogP contribution in [0.15, 0.2) is 43.0 Å². The highest BCUT2D eigenvalue weighted by atomic mass is 16.5. The second-order valence-corrected chi connectivity index (χ2v) is 4.62. The summed E-state index contributed by atoms with van der Waals surface area (Å²) in [6.07, 6.45) is 4.92. The predicted octanol–water partition coefficient (Wildman–Crippen LogP) is 3.70. The first kappa shape index (κ1) is 14.9. The molecule has 0 fully saturated rings. The lowest BCUT2D eigenvalue weighted by Crippen LogP contribution is -2.20. The van der Waals surface area contributed by atoms with E-state index in [1.165, 1.54) is 5.56 Å². The van der Waals surface area contributed by atoms with Crippen molar-refractivity contribution in [1.82, 2.24) is 0 Å². The Hall–Kier alpha value is -1.12. The van der Waals surface area contributed by atoms with Crippen LogP contribution in [-0.4, -0.2) is 17.3 Å². The van der Waals surface area contributed by atoms with E-state index >= 15 is 0 Å². The van der Waals surface area contributed by atoms with Crippen LogP contribution < -0.4 is 0 Å². The van der Waals surface area contributed by atoms with Crippen molar-refractivity contribution < 1.29 is 9.84 Å². The maximum Gasteiger partial charge on any atom is 0.0720 e. The van der Waals surface area contributed by atoms with Crippen LogP contribution in [0.2, 0.25) is 0 Å². The quantitative estimate of drug-likeness (QED) is 0.675. The summed E-state index contributed by atoms with van der Waals surface area (Å²) in [5, 5.41) is 9.79. The zero-order valence-corrected chi connectivity index (χ0v) is 11.2. The molecule has 2 heteroatoms. The molecule has 1 rings (SSSR count). The van der Waals surface area contributed by atoms with E-state index in [1.807, 2.05) is 18.2 Å². The number of aliphatic hydroxyl groups excluding tert-OH is 1. The molecule has 0 bridgehead atoms. The molecule has 2 nitrogen and oxygen atoms in total. The lowest BCUT2D eigenvalue weighted by molar-refractivity contribution is -0.000203. The van der Waals surface area contributed by atoms with Crippen molar-refractivity contribution >= 4 is 0 Å². The Bertz CT molecular complexity index is 321. The van der Waals surface area contributed by atoms with E-state index < -0.39 is 0 Å². The van der Waals surface area contributed by atoms with Gasteiger partial charge in [0.2, 0.25) is 0 Å². The van der Waals surface area contributed by atoms with Crippen molar-refractivity contribution in [3.8, 4) is 0 Å². The van der Waals surface area contributed by atoms with E-state index in [-0.39, 0.29) is 12.2 Å². The highest BCUT2D eigenvalue weighted by Gasteiger charge is 2.13. The largest absolute Gasteiger partial charge is 0.393 e. The van der Waals surface area contributed by atoms with Gasteiger partial charge in [0.25, 0.3) is 0 Å². The maximum absolute atomic E-state index is 9.79. The number of hydrogen-bond acceptors (Lipinski definition) is 2. The van der Waals surface area contributed by atoms with Gasteiger partial charge in [-0.25, -0.2) is 0 Å². The monoisotopic (exact) mass is 248 g/mol. The summed E-state index contributed by atoms with van der Waals surface area (Å²) < 4.78 is 5.89. The molecule has 0 aliphatic rings. The van der Waals surface area contributed by atoms with Crippen molar-refractivity contribution in [1.29, 1.82) is 0 Å². The molecule has 18 heavy (non-hydrogen) atoms. The Morgan fingerprint density at radius 3 is 2.67 bits per heavy atom. The molecule has 0 radical (unpaired) electrons. The van der Waals surface area contributed by atoms with Crippen LogP contribution in [0.25, 0.3) is 0 Å². The van der Waals surface area contributed by atoms with Gasteiger partial charge in [0, 0.05) is 0 Å². The minimum atomic E-state index is -0.338. The van der Waals surface area contributed by atoms with E-state index in [0.29, 0.717) is 19.4 Å². The summed E-state index contributed by atoms with van der Waals surface area (Å²) in [5.74, 6) is 0. The van der Waals surface area contributed by atoms with E-state index in [1.54, 1.807) is 6.08 Å². The van der Waals surface area contributed by atoms with Crippen molar-refractivity contribution in [2.45, 2.75) is 51.4 Å². The van der Waals surface area contributed by atoms with Crippen LogP contribution in [0.5, 0.6) is 0 Å². The fraction of sp³-hybridized carbons (Fsp3) is 0.500. The minimum Gasteiger partial charge on any atom is -0.393 e. The van der Waals surface area contributed by atoms with Gasteiger partial charge in [-0.2, -0.15) is 0 Å². The molecular weight excluding hydrogens is 224 g/mol. The second-order valence-electron chi connectivity index (χ2n) is 4.62. The zero-order valence-electron chi connectivity index (χ0n) is 11.2. The van der Waals surface area contributed by atoms with Crippen LogP contribution in [-0.2, 0) is 11.3 Å². The van der Waals surface area contributed by atoms with Gasteiger partial charge in [-0.3, -0.25) is 0 Å². The number of aliphatic hydroxyl groups is 1. The summed E-state index contributed by atoms with van der Waals surface area (Å²) in [5.41, 5.74) is 1.18. The molecule has 0 spiro atoms. The third-order valence-corrected chi connectivity index (χ3v) is 2.91. The molecule has 0 saturated carbocycles. The summed E-state index contributed by atoms with van der Waals surface area (Å²) >= 11 is 0. The smallest absolute Gasteiger partial charge is 0.0720 e. The average molecular weight is 248 g/mol. The molecule has 100 valence electrons. The fourth-order valence-corrected chi connectivity index (χ4v) is 1.97. The molecule has 1 N–H and O–H groups in total. The van der Waals surface area contributed by atoms with Gasteiger partial charge in [0.05, 0.1) is 18.8 Å². The molecule has 0 heterocycles. The summed E-state index contributed by atoms with van der Waals surface area (Å²) in [7, 11) is 0. The first-order valence-corrected chi connectivity index (χ1v) is 6.70. The van der Waals surface area contributed by atoms with Gasteiger partial charge in [0.15, 0.2) is 0 Å². The molecule has 0 saturated heterocycles. The third kappa shape index (κ3) is 5.99. The predicted molar refractivity (Wildman–Crippen MR) is 75.4 cm³/mol. The average Bonchev–Trinajstić information content (AvgIpc) is 2.38. The van der Waals surface area contributed by atoms with Crippen LogP contribution in [0.1, 0.15) is 38.2 Å². The van der Waals surface area contributed by atoms with Crippen molar-refractivity contribution in [2.75, 3.05) is 0 Å². The molecular formula is C16H24O2. The normalized spacial score (nSPS) is 14.1. The standard InChI is InChI=1S/C16H24O2/c1-3-8-15(17)12-16(9-4-2)18-13-14-10-6-5-7-11-14/h3,5-7,10-11,15-17H,1,4,8-9,12-13H2,2H3/t15-,16+/m0/s1. The molecule has 0 amide bonds. The first-order valence-electron chi connectivity index (χ1n) is 6.70. The summed E-state index contributed by atoms with van der Waals surface area (Å²) in [6, 6.07) is 10.1. The van der Waals surface area contributed by atoms with Gasteiger partial charge in [0.1, 0.15) is 0 Å². The highest BCUT2D eigenvalue weighted by Crippen LogP contribution is 2.14. The van der Waals surface area contributed by atoms with Crippen LogP contribution in [0, 0.1) is 0 Å². The highest BCUT2D eigenvalue weighted by molar-refractivity contribution is 5.13. The number of benzene rings is 1. The molecule has 0 aromatic heterocycles. The van der Waals surface area contributed by atoms with Crippen molar-refractivity contribution in [3.63, 3.8) is 0 Å². The Morgan fingerprint density at radius 1 is 1.33 bits per heavy atom. The molecule has 0 unspecified atom stereocenters. The second kappa shape index (κ2) is 8.90. The number of rotatable bonds is 9. The summed E-state index contributed by atoms with van der Waals surface area (Å²) in [6.45, 7) is 6.40. The Labute approximate surface area is 110 Å². The number of ether oxygens (including phenoxy) is 1. The van der Waals surface area contributed by atoms with Gasteiger partial charge >= 0.3 is 0 Å². The molecule has 1 aromatic carbocycles. The van der Waals surface area contributed by atoms with E-state index in [4.69, 9.17) is 4.74 Å². The van der Waals surface area contributed by atoms with Gasteiger partial charge in [-0.1, -0.05) is 49.8 Å². The minimum absolute atomic E-state index is 0.130. The lowest BCUT2D eigenvalue weighted by atomic mass is 10.0. The lowest BCUT2D eigenvalue weighted by Gasteiger charge is -2.20. The van der Waals surface area contributed by atoms with E-state index in [9.17, 15) is 5.11 Å². The Kier molecular flexibility index (Phi) is 7.38. The van der Waals surface area contributed by atoms with Gasteiger partial charge in [-0.15, -0.1) is 6.58 Å². The zero-order chi connectivity index (χ0) is 13.2. The molecule has 0 aliphatic carbocycles. The topological polar surface area (TPSA) is 29.5 Å². The third-order valence-electron chi connectivity index (χ3n) is 2.91.